The minimum atomic E-state index is -3.02. The van der Waals surface area contributed by atoms with Crippen molar-refractivity contribution in [2.75, 3.05) is 16.8 Å². The SMILES string of the molecule is Cc1cc(NC(=O)C2CC2(Cl)Cl)n(C2CCS(=O)(=O)C2)n1. The van der Waals surface area contributed by atoms with E-state index in [9.17, 15) is 13.2 Å². The summed E-state index contributed by atoms with van der Waals surface area (Å²) in [6, 6.07) is 1.48. The minimum Gasteiger partial charge on any atom is -0.311 e. The fourth-order valence-corrected chi connectivity index (χ4v) is 4.77. The van der Waals surface area contributed by atoms with Crippen LogP contribution in [-0.4, -0.2) is 39.9 Å². The average Bonchev–Trinajstić information content (AvgIpc) is 2.67. The van der Waals surface area contributed by atoms with Crippen LogP contribution in [0, 0.1) is 12.8 Å². The third-order valence-electron chi connectivity index (χ3n) is 3.81. The Morgan fingerprint density at radius 3 is 2.71 bits per heavy atom. The quantitative estimate of drug-likeness (QED) is 0.840. The summed E-state index contributed by atoms with van der Waals surface area (Å²) >= 11 is 11.8. The van der Waals surface area contributed by atoms with Gasteiger partial charge in [-0.05, 0) is 19.8 Å². The van der Waals surface area contributed by atoms with Gasteiger partial charge in [-0.1, -0.05) is 0 Å². The predicted octanol–water partition coefficient (Wildman–Crippen LogP) is 1.68. The minimum absolute atomic E-state index is 0.0510. The molecule has 1 aliphatic heterocycles. The van der Waals surface area contributed by atoms with Gasteiger partial charge in [-0.25, -0.2) is 13.1 Å². The fourth-order valence-electron chi connectivity index (χ4n) is 2.57. The Hall–Kier alpha value is -0.790. The maximum atomic E-state index is 12.1. The van der Waals surface area contributed by atoms with Gasteiger partial charge in [0.1, 0.15) is 10.2 Å². The predicted molar refractivity (Wildman–Crippen MR) is 80.4 cm³/mol. The number of halogens is 2. The Balaban J connectivity index is 1.79. The van der Waals surface area contributed by atoms with E-state index < -0.39 is 20.1 Å². The molecular weight excluding hydrogens is 337 g/mol. The van der Waals surface area contributed by atoms with Crippen molar-refractivity contribution >= 4 is 44.8 Å². The van der Waals surface area contributed by atoms with E-state index in [1.54, 1.807) is 17.7 Å². The summed E-state index contributed by atoms with van der Waals surface area (Å²) in [4.78, 5) is 12.1. The number of aryl methyl sites for hydroxylation is 1. The summed E-state index contributed by atoms with van der Waals surface area (Å²) in [7, 11) is -3.02. The number of alkyl halides is 2. The molecule has 1 aromatic heterocycles. The Labute approximate surface area is 132 Å². The zero-order chi connectivity index (χ0) is 15.4. The summed E-state index contributed by atoms with van der Waals surface area (Å²) in [6.07, 6.45) is 0.928. The van der Waals surface area contributed by atoms with Crippen molar-refractivity contribution in [1.29, 1.82) is 0 Å². The molecule has 116 valence electrons. The molecular formula is C12H15Cl2N3O3S. The monoisotopic (exact) mass is 351 g/mol. The van der Waals surface area contributed by atoms with E-state index in [2.05, 4.69) is 10.4 Å². The molecule has 2 atom stereocenters. The van der Waals surface area contributed by atoms with Crippen molar-refractivity contribution in [3.8, 4) is 0 Å². The van der Waals surface area contributed by atoms with Gasteiger partial charge in [0.2, 0.25) is 5.91 Å². The maximum absolute atomic E-state index is 12.1. The molecule has 0 radical (unpaired) electrons. The van der Waals surface area contributed by atoms with Gasteiger partial charge in [0.15, 0.2) is 9.84 Å². The van der Waals surface area contributed by atoms with Crippen molar-refractivity contribution < 1.29 is 13.2 Å². The Bertz CT molecular complexity index is 699. The highest BCUT2D eigenvalue weighted by Crippen LogP contribution is 2.53. The molecule has 0 aromatic carbocycles. The number of hydrogen-bond acceptors (Lipinski definition) is 4. The molecule has 2 aliphatic rings. The number of carbonyl (C=O) groups excluding carboxylic acids is 1. The van der Waals surface area contributed by atoms with Gasteiger partial charge in [0, 0.05) is 6.07 Å². The molecule has 1 aromatic rings. The zero-order valence-corrected chi connectivity index (χ0v) is 13.7. The lowest BCUT2D eigenvalue weighted by atomic mass is 10.3. The Morgan fingerprint density at radius 2 is 2.19 bits per heavy atom. The second kappa shape index (κ2) is 4.86. The lowest BCUT2D eigenvalue weighted by Gasteiger charge is -2.13. The Kier molecular flexibility index (Phi) is 3.50. The smallest absolute Gasteiger partial charge is 0.231 e. The molecule has 1 amide bonds. The van der Waals surface area contributed by atoms with Gasteiger partial charge in [-0.15, -0.1) is 23.2 Å². The van der Waals surface area contributed by atoms with E-state index in [-0.39, 0.29) is 23.5 Å². The van der Waals surface area contributed by atoms with Crippen molar-refractivity contribution in [3.63, 3.8) is 0 Å². The molecule has 1 aliphatic carbocycles. The number of aromatic nitrogens is 2. The highest BCUT2D eigenvalue weighted by atomic mass is 35.5. The number of carbonyl (C=O) groups is 1. The first-order valence-corrected chi connectivity index (χ1v) is 9.21. The van der Waals surface area contributed by atoms with Crippen molar-refractivity contribution in [2.24, 2.45) is 5.92 Å². The van der Waals surface area contributed by atoms with Crippen LogP contribution in [0.2, 0.25) is 0 Å². The van der Waals surface area contributed by atoms with Gasteiger partial charge < -0.3 is 5.32 Å². The molecule has 1 saturated heterocycles. The highest BCUT2D eigenvalue weighted by molar-refractivity contribution is 7.91. The van der Waals surface area contributed by atoms with Gasteiger partial charge in [0.05, 0.1) is 29.2 Å². The van der Waals surface area contributed by atoms with Crippen LogP contribution in [0.1, 0.15) is 24.6 Å². The molecule has 2 unspecified atom stereocenters. The van der Waals surface area contributed by atoms with E-state index >= 15 is 0 Å². The topological polar surface area (TPSA) is 81.1 Å². The molecule has 21 heavy (non-hydrogen) atoms. The standard InChI is InChI=1S/C12H15Cl2N3O3S/c1-7-4-10(15-11(18)9-5-12(9,13)14)17(16-7)8-2-3-21(19,20)6-8/h4,8-9H,2-3,5-6H2,1H3,(H,15,18). The molecule has 9 heteroatoms. The molecule has 2 fully saturated rings. The highest BCUT2D eigenvalue weighted by Gasteiger charge is 2.56. The number of sulfone groups is 1. The third kappa shape index (κ3) is 3.05. The molecule has 6 nitrogen and oxygen atoms in total. The van der Waals surface area contributed by atoms with Gasteiger partial charge in [-0.2, -0.15) is 5.10 Å². The van der Waals surface area contributed by atoms with Crippen LogP contribution in [0.5, 0.6) is 0 Å². The summed E-state index contributed by atoms with van der Waals surface area (Å²) in [5, 5.41) is 7.05. The van der Waals surface area contributed by atoms with Crippen LogP contribution in [0.15, 0.2) is 6.07 Å². The second-order valence-electron chi connectivity index (χ2n) is 5.68. The molecule has 2 heterocycles. The van der Waals surface area contributed by atoms with E-state index in [1.807, 2.05) is 0 Å². The van der Waals surface area contributed by atoms with Gasteiger partial charge in [-0.3, -0.25) is 4.79 Å². The number of rotatable bonds is 3. The van der Waals surface area contributed by atoms with Crippen LogP contribution in [-0.2, 0) is 14.6 Å². The zero-order valence-electron chi connectivity index (χ0n) is 11.3. The summed E-state index contributed by atoms with van der Waals surface area (Å²) in [6.45, 7) is 1.79. The third-order valence-corrected chi connectivity index (χ3v) is 6.39. The Morgan fingerprint density at radius 1 is 1.52 bits per heavy atom. The van der Waals surface area contributed by atoms with Gasteiger partial charge in [0.25, 0.3) is 0 Å². The van der Waals surface area contributed by atoms with Gasteiger partial charge >= 0.3 is 0 Å². The van der Waals surface area contributed by atoms with Crippen LogP contribution in [0.4, 0.5) is 5.82 Å². The van der Waals surface area contributed by atoms with E-state index in [0.29, 0.717) is 24.4 Å². The summed E-state index contributed by atoms with van der Waals surface area (Å²) < 4.78 is 23.8. The average molecular weight is 352 g/mol. The van der Waals surface area contributed by atoms with Crippen molar-refractivity contribution in [2.45, 2.75) is 30.1 Å². The second-order valence-corrected chi connectivity index (χ2v) is 9.45. The van der Waals surface area contributed by atoms with E-state index in [4.69, 9.17) is 23.2 Å². The van der Waals surface area contributed by atoms with E-state index in [0.717, 1.165) is 0 Å². The first kappa shape index (κ1) is 15.1. The molecule has 1 N–H and O–H groups in total. The molecule has 3 rings (SSSR count). The fraction of sp³-hybridized carbons (Fsp3) is 0.667. The van der Waals surface area contributed by atoms with Crippen molar-refractivity contribution in [1.82, 2.24) is 9.78 Å². The normalized spacial score (nSPS) is 29.3. The van der Waals surface area contributed by atoms with E-state index in [1.165, 1.54) is 0 Å². The first-order valence-electron chi connectivity index (χ1n) is 6.63. The van der Waals surface area contributed by atoms with Crippen LogP contribution in [0.25, 0.3) is 0 Å². The largest absolute Gasteiger partial charge is 0.311 e. The molecule has 1 saturated carbocycles. The number of anilines is 1. The molecule has 0 spiro atoms. The van der Waals surface area contributed by atoms with Crippen LogP contribution < -0.4 is 5.32 Å². The maximum Gasteiger partial charge on any atom is 0.231 e. The molecule has 0 bridgehead atoms. The summed E-state index contributed by atoms with van der Waals surface area (Å²) in [5.41, 5.74) is 0.716. The lowest BCUT2D eigenvalue weighted by Crippen LogP contribution is -2.22. The first-order chi connectivity index (χ1) is 9.68. The number of hydrogen-bond donors (Lipinski definition) is 1. The number of amides is 1. The number of nitrogens with zero attached hydrogens (tertiary/aromatic N) is 2. The number of nitrogens with one attached hydrogen (secondary N) is 1. The van der Waals surface area contributed by atoms with Crippen LogP contribution >= 0.6 is 23.2 Å². The van der Waals surface area contributed by atoms with Crippen molar-refractivity contribution in [3.05, 3.63) is 11.8 Å². The lowest BCUT2D eigenvalue weighted by molar-refractivity contribution is -0.117. The summed E-state index contributed by atoms with van der Waals surface area (Å²) in [5.74, 6) is 0.00321. The van der Waals surface area contributed by atoms with Crippen LogP contribution in [0.3, 0.4) is 0 Å².